The van der Waals surface area contributed by atoms with Crippen molar-refractivity contribution in [1.29, 1.82) is 0 Å². The summed E-state index contributed by atoms with van der Waals surface area (Å²) in [5.74, 6) is -0.270. The fraction of sp³-hybridized carbons (Fsp3) is 0.240. The van der Waals surface area contributed by atoms with Crippen LogP contribution in [0.3, 0.4) is 0 Å². The van der Waals surface area contributed by atoms with Gasteiger partial charge in [0.15, 0.2) is 0 Å². The minimum Gasteiger partial charge on any atom is -0.337 e. The van der Waals surface area contributed by atoms with E-state index < -0.39 is 34.1 Å². The molecule has 1 saturated heterocycles. The minimum atomic E-state index is -4.15. The number of nitrogens with one attached hydrogen (secondary N) is 1. The van der Waals surface area contributed by atoms with E-state index in [1.54, 1.807) is 55.7 Å². The first-order chi connectivity index (χ1) is 18.5. The molecule has 39 heavy (non-hydrogen) atoms. The van der Waals surface area contributed by atoms with Crippen molar-refractivity contribution < 1.29 is 22.4 Å². The highest BCUT2D eigenvalue weighted by atomic mass is 79.9. The SMILES string of the molecule is Cc1ncc(-c2ccc3c(c2)c(S(N)(=O)=O)cn3CC(=O)N2C[C@H](F)C[C@H]2C(=O)Nc2cccc(Br)n2)cn1. The third-order valence-corrected chi connectivity index (χ3v) is 7.79. The molecule has 3 aromatic heterocycles. The molecule has 14 heteroatoms. The second kappa shape index (κ2) is 10.4. The van der Waals surface area contributed by atoms with Crippen molar-refractivity contribution in [3.63, 3.8) is 0 Å². The molecule has 0 aliphatic carbocycles. The van der Waals surface area contributed by atoms with Crippen molar-refractivity contribution in [2.24, 2.45) is 5.14 Å². The number of rotatable bonds is 6. The number of nitrogens with two attached hydrogens (primary N) is 1. The number of nitrogens with zero attached hydrogens (tertiary/aromatic N) is 5. The maximum absolute atomic E-state index is 14.4. The van der Waals surface area contributed by atoms with E-state index in [2.05, 4.69) is 36.2 Å². The number of sulfonamides is 1. The topological polar surface area (TPSA) is 153 Å². The maximum atomic E-state index is 14.4. The summed E-state index contributed by atoms with van der Waals surface area (Å²) >= 11 is 3.23. The Morgan fingerprint density at radius 1 is 1.18 bits per heavy atom. The van der Waals surface area contributed by atoms with Crippen molar-refractivity contribution >= 4 is 54.5 Å². The van der Waals surface area contributed by atoms with Gasteiger partial charge in [-0.25, -0.2) is 32.9 Å². The van der Waals surface area contributed by atoms with Crippen LogP contribution in [0, 0.1) is 6.92 Å². The average molecular weight is 616 g/mol. The number of fused-ring (bicyclic) bond motifs is 1. The summed E-state index contributed by atoms with van der Waals surface area (Å²) in [6, 6.07) is 8.94. The molecule has 202 valence electrons. The number of amides is 2. The lowest BCUT2D eigenvalue weighted by molar-refractivity contribution is -0.137. The first-order valence-electron chi connectivity index (χ1n) is 11.8. The first kappa shape index (κ1) is 26.8. The predicted octanol–water partition coefficient (Wildman–Crippen LogP) is 2.79. The van der Waals surface area contributed by atoms with Crippen LogP contribution in [-0.2, 0) is 26.2 Å². The van der Waals surface area contributed by atoms with Crippen LogP contribution in [0.25, 0.3) is 22.0 Å². The van der Waals surface area contributed by atoms with E-state index in [4.69, 9.17) is 5.14 Å². The molecule has 2 amide bonds. The fourth-order valence-corrected chi connectivity index (χ4v) is 5.66. The van der Waals surface area contributed by atoms with Gasteiger partial charge >= 0.3 is 0 Å². The minimum absolute atomic E-state index is 0.164. The largest absolute Gasteiger partial charge is 0.337 e. The van der Waals surface area contributed by atoms with Gasteiger partial charge in [0.1, 0.15) is 39.9 Å². The Hall–Kier alpha value is -3.75. The number of halogens is 2. The molecule has 4 heterocycles. The number of carbonyl (C=O) groups excluding carboxylic acids is 2. The lowest BCUT2D eigenvalue weighted by Crippen LogP contribution is -2.44. The second-order valence-corrected chi connectivity index (χ2v) is 11.5. The number of hydrogen-bond donors (Lipinski definition) is 2. The van der Waals surface area contributed by atoms with Gasteiger partial charge in [-0.1, -0.05) is 12.1 Å². The molecular formula is C25H23BrFN7O4S. The van der Waals surface area contributed by atoms with Gasteiger partial charge in [0.05, 0.1) is 6.54 Å². The van der Waals surface area contributed by atoms with Crippen molar-refractivity contribution in [2.75, 3.05) is 11.9 Å². The van der Waals surface area contributed by atoms with E-state index in [9.17, 15) is 22.4 Å². The van der Waals surface area contributed by atoms with Gasteiger partial charge in [-0.3, -0.25) is 9.59 Å². The number of hydrogen-bond acceptors (Lipinski definition) is 7. The van der Waals surface area contributed by atoms with E-state index in [0.29, 0.717) is 32.5 Å². The molecule has 0 bridgehead atoms. The third kappa shape index (κ3) is 5.67. The molecule has 1 aromatic carbocycles. The van der Waals surface area contributed by atoms with Crippen molar-refractivity contribution in [3.05, 3.63) is 65.4 Å². The Balaban J connectivity index is 1.44. The van der Waals surface area contributed by atoms with Crippen LogP contribution in [0.1, 0.15) is 12.2 Å². The maximum Gasteiger partial charge on any atom is 0.248 e. The summed E-state index contributed by atoms with van der Waals surface area (Å²) in [4.78, 5) is 39.8. The van der Waals surface area contributed by atoms with E-state index in [1.165, 1.54) is 15.7 Å². The smallest absolute Gasteiger partial charge is 0.248 e. The summed E-state index contributed by atoms with van der Waals surface area (Å²) < 4.78 is 41.2. The molecule has 2 atom stereocenters. The Labute approximate surface area is 231 Å². The molecule has 0 radical (unpaired) electrons. The zero-order valence-corrected chi connectivity index (χ0v) is 23.0. The van der Waals surface area contributed by atoms with E-state index in [-0.39, 0.29) is 30.2 Å². The molecule has 1 aliphatic rings. The number of anilines is 1. The number of primary sulfonamides is 1. The molecule has 0 unspecified atom stereocenters. The number of likely N-dealkylation sites (tertiary alicyclic amines) is 1. The number of aryl methyl sites for hydroxylation is 1. The van der Waals surface area contributed by atoms with E-state index in [1.807, 2.05) is 0 Å². The zero-order valence-electron chi connectivity index (χ0n) is 20.6. The summed E-state index contributed by atoms with van der Waals surface area (Å²) in [5, 5.41) is 8.42. The molecular weight excluding hydrogens is 593 g/mol. The lowest BCUT2D eigenvalue weighted by Gasteiger charge is -2.24. The summed E-state index contributed by atoms with van der Waals surface area (Å²) in [6.45, 7) is 1.16. The van der Waals surface area contributed by atoms with Gasteiger partial charge in [-0.2, -0.15) is 0 Å². The number of pyridine rings is 1. The van der Waals surface area contributed by atoms with Gasteiger partial charge in [0.25, 0.3) is 0 Å². The highest BCUT2D eigenvalue weighted by molar-refractivity contribution is 9.10. The van der Waals surface area contributed by atoms with Crippen LogP contribution in [0.5, 0.6) is 0 Å². The van der Waals surface area contributed by atoms with Crippen LogP contribution in [-0.4, -0.2) is 63.4 Å². The molecule has 4 aromatic rings. The normalized spacial score (nSPS) is 17.5. The van der Waals surface area contributed by atoms with Gasteiger partial charge in [0.2, 0.25) is 21.8 Å². The molecule has 11 nitrogen and oxygen atoms in total. The van der Waals surface area contributed by atoms with Crippen LogP contribution in [0.4, 0.5) is 10.2 Å². The van der Waals surface area contributed by atoms with Crippen molar-refractivity contribution in [1.82, 2.24) is 24.4 Å². The third-order valence-electron chi connectivity index (χ3n) is 6.41. The number of alkyl halides is 1. The summed E-state index contributed by atoms with van der Waals surface area (Å²) in [6.07, 6.45) is 2.96. The van der Waals surface area contributed by atoms with Gasteiger partial charge in [0, 0.05) is 41.5 Å². The van der Waals surface area contributed by atoms with Crippen LogP contribution >= 0.6 is 15.9 Å². The zero-order chi connectivity index (χ0) is 27.9. The van der Waals surface area contributed by atoms with E-state index in [0.717, 1.165) is 0 Å². The molecule has 1 aliphatic heterocycles. The number of aromatic nitrogens is 4. The van der Waals surface area contributed by atoms with Crippen LogP contribution in [0.2, 0.25) is 0 Å². The van der Waals surface area contributed by atoms with Gasteiger partial charge in [-0.15, -0.1) is 0 Å². The standard InChI is InChI=1S/C25H23BrFN7O4S/c1-14-29-9-16(10-30-14)15-5-6-19-18(7-15)21(39(28,37)38)12-33(19)13-24(35)34-11-17(27)8-20(34)25(36)32-23-4-2-3-22(26)31-23/h2-7,9-10,12,17,20H,8,11,13H2,1H3,(H2,28,37,38)(H,31,32,36)/t17-,20+/m1/s1. The fourth-order valence-electron chi connectivity index (χ4n) is 4.58. The molecule has 3 N–H and O–H groups in total. The average Bonchev–Trinajstić information content (AvgIpc) is 3.45. The lowest BCUT2D eigenvalue weighted by atomic mass is 10.1. The summed E-state index contributed by atoms with van der Waals surface area (Å²) in [5.41, 5.74) is 1.76. The second-order valence-electron chi connectivity index (χ2n) is 9.15. The highest BCUT2D eigenvalue weighted by Gasteiger charge is 2.40. The summed E-state index contributed by atoms with van der Waals surface area (Å²) in [7, 11) is -4.15. The Morgan fingerprint density at radius 2 is 1.92 bits per heavy atom. The molecule has 0 saturated carbocycles. The molecule has 5 rings (SSSR count). The van der Waals surface area contributed by atoms with Gasteiger partial charge in [-0.05, 0) is 52.7 Å². The number of benzene rings is 1. The Kier molecular flexibility index (Phi) is 7.18. The Morgan fingerprint density at radius 3 is 2.62 bits per heavy atom. The van der Waals surface area contributed by atoms with Gasteiger partial charge < -0.3 is 14.8 Å². The van der Waals surface area contributed by atoms with Crippen molar-refractivity contribution in [3.8, 4) is 11.1 Å². The van der Waals surface area contributed by atoms with Crippen molar-refractivity contribution in [2.45, 2.75) is 37.0 Å². The Bertz CT molecular complexity index is 1690. The highest BCUT2D eigenvalue weighted by Crippen LogP contribution is 2.30. The molecule has 0 spiro atoms. The van der Waals surface area contributed by atoms with E-state index >= 15 is 0 Å². The predicted molar refractivity (Wildman–Crippen MR) is 145 cm³/mol. The number of carbonyl (C=O) groups is 2. The first-order valence-corrected chi connectivity index (χ1v) is 14.1. The van der Waals surface area contributed by atoms with Crippen LogP contribution in [0.15, 0.2) is 64.5 Å². The molecule has 1 fully saturated rings. The van der Waals surface area contributed by atoms with Crippen LogP contribution < -0.4 is 10.5 Å². The monoisotopic (exact) mass is 615 g/mol. The quantitative estimate of drug-likeness (QED) is 0.316.